The van der Waals surface area contributed by atoms with Gasteiger partial charge in [-0.15, -0.1) is 0 Å². The van der Waals surface area contributed by atoms with Crippen LogP contribution in [0, 0.1) is 11.7 Å². The van der Waals surface area contributed by atoms with E-state index in [2.05, 4.69) is 0 Å². The Morgan fingerprint density at radius 3 is 2.53 bits per heavy atom. The lowest BCUT2D eigenvalue weighted by Gasteiger charge is -2.13. The van der Waals surface area contributed by atoms with E-state index in [1.54, 1.807) is 0 Å². The molecule has 0 fully saturated rings. The first-order valence-electron chi connectivity index (χ1n) is 5.89. The summed E-state index contributed by atoms with van der Waals surface area (Å²) in [5.74, 6) is 0.610. The van der Waals surface area contributed by atoms with Gasteiger partial charge in [-0.2, -0.15) is 0 Å². The summed E-state index contributed by atoms with van der Waals surface area (Å²) in [5.41, 5.74) is 5.98. The van der Waals surface area contributed by atoms with Crippen LogP contribution in [0.5, 0.6) is 11.5 Å². The molecular weight excluding hydrogens is 221 g/mol. The molecule has 0 radical (unpaired) electrons. The average molecular weight is 241 g/mol. The second-order valence-corrected chi connectivity index (χ2v) is 4.37. The number of halogens is 1. The maximum absolute atomic E-state index is 13.5. The van der Waals surface area contributed by atoms with Gasteiger partial charge in [-0.25, -0.2) is 4.39 Å². The largest absolute Gasteiger partial charge is 0.491 e. The van der Waals surface area contributed by atoms with Crippen LogP contribution in [0.2, 0.25) is 0 Å². The fourth-order valence-corrected chi connectivity index (χ4v) is 1.25. The fraction of sp³-hybridized carbons (Fsp3) is 0.538. The second-order valence-electron chi connectivity index (χ2n) is 4.37. The Labute approximate surface area is 102 Å². The zero-order valence-corrected chi connectivity index (χ0v) is 10.6. The Morgan fingerprint density at radius 1 is 1.24 bits per heavy atom. The first-order valence-corrected chi connectivity index (χ1v) is 5.89. The third-order valence-corrected chi connectivity index (χ3v) is 2.10. The Kier molecular flexibility index (Phi) is 5.07. The lowest BCUT2D eigenvalue weighted by Crippen LogP contribution is -2.07. The summed E-state index contributed by atoms with van der Waals surface area (Å²) in [6.07, 6.45) is 0.825. The summed E-state index contributed by atoms with van der Waals surface area (Å²) in [7, 11) is 0. The highest BCUT2D eigenvalue weighted by Crippen LogP contribution is 2.30. The van der Waals surface area contributed by atoms with Gasteiger partial charge < -0.3 is 15.2 Å². The highest BCUT2D eigenvalue weighted by Gasteiger charge is 2.10. The van der Waals surface area contributed by atoms with Crippen LogP contribution < -0.4 is 15.2 Å². The first-order chi connectivity index (χ1) is 8.04. The van der Waals surface area contributed by atoms with Gasteiger partial charge in [0.25, 0.3) is 0 Å². The number of rotatable bonds is 6. The first kappa shape index (κ1) is 13.6. The molecule has 17 heavy (non-hydrogen) atoms. The van der Waals surface area contributed by atoms with Crippen molar-refractivity contribution in [2.45, 2.75) is 27.2 Å². The van der Waals surface area contributed by atoms with Crippen molar-refractivity contribution in [1.82, 2.24) is 0 Å². The highest BCUT2D eigenvalue weighted by atomic mass is 19.1. The molecule has 2 N–H and O–H groups in total. The normalized spacial score (nSPS) is 10.6. The van der Waals surface area contributed by atoms with Crippen LogP contribution in [0.3, 0.4) is 0 Å². The Balaban J connectivity index is 2.81. The number of nitrogens with two attached hydrogens (primary N) is 1. The molecule has 1 aromatic rings. The van der Waals surface area contributed by atoms with Gasteiger partial charge in [0, 0.05) is 12.1 Å². The molecular formula is C13H20FNO2. The molecule has 1 aromatic carbocycles. The minimum atomic E-state index is -0.451. The van der Waals surface area contributed by atoms with E-state index in [0.29, 0.717) is 30.6 Å². The van der Waals surface area contributed by atoms with Crippen LogP contribution in [-0.2, 0) is 0 Å². The van der Waals surface area contributed by atoms with Crippen molar-refractivity contribution in [3.8, 4) is 11.5 Å². The fourth-order valence-electron chi connectivity index (χ4n) is 1.25. The van der Waals surface area contributed by atoms with E-state index >= 15 is 0 Å². The molecule has 0 spiro atoms. The van der Waals surface area contributed by atoms with E-state index in [0.717, 1.165) is 6.42 Å². The van der Waals surface area contributed by atoms with Crippen LogP contribution in [0.25, 0.3) is 0 Å². The standard InChI is InChI=1S/C13H20FNO2/c1-4-5-16-12-7-13(17-8-9(2)3)11(15)6-10(12)14/h6-7,9H,4-5,8,15H2,1-3H3. The van der Waals surface area contributed by atoms with Gasteiger partial charge in [0.2, 0.25) is 0 Å². The minimum Gasteiger partial charge on any atom is -0.491 e. The molecule has 0 unspecified atom stereocenters. The van der Waals surface area contributed by atoms with Crippen molar-refractivity contribution >= 4 is 5.69 Å². The number of ether oxygens (including phenoxy) is 2. The molecule has 0 aliphatic rings. The highest BCUT2D eigenvalue weighted by molar-refractivity contribution is 5.56. The summed E-state index contributed by atoms with van der Waals surface area (Å²) >= 11 is 0. The Bertz CT molecular complexity index is 367. The van der Waals surface area contributed by atoms with E-state index in [-0.39, 0.29) is 5.75 Å². The molecule has 0 saturated carbocycles. The molecule has 4 heteroatoms. The smallest absolute Gasteiger partial charge is 0.167 e. The number of anilines is 1. The minimum absolute atomic E-state index is 0.194. The molecule has 3 nitrogen and oxygen atoms in total. The molecule has 0 heterocycles. The molecule has 0 atom stereocenters. The van der Waals surface area contributed by atoms with Gasteiger partial charge in [0.05, 0.1) is 18.9 Å². The maximum atomic E-state index is 13.5. The quantitative estimate of drug-likeness (QED) is 0.778. The number of nitrogen functional groups attached to an aromatic ring is 1. The zero-order valence-electron chi connectivity index (χ0n) is 10.6. The summed E-state index contributed by atoms with van der Waals surface area (Å²) in [6, 6.07) is 2.75. The van der Waals surface area contributed by atoms with Gasteiger partial charge in [0.15, 0.2) is 11.6 Å². The van der Waals surface area contributed by atoms with E-state index in [1.165, 1.54) is 12.1 Å². The van der Waals surface area contributed by atoms with Crippen LogP contribution in [0.4, 0.5) is 10.1 Å². The van der Waals surface area contributed by atoms with Crippen molar-refractivity contribution < 1.29 is 13.9 Å². The van der Waals surface area contributed by atoms with Gasteiger partial charge in [-0.05, 0) is 12.3 Å². The predicted octanol–water partition coefficient (Wildman–Crippen LogP) is 3.23. The molecule has 0 aliphatic heterocycles. The lowest BCUT2D eigenvalue weighted by molar-refractivity contribution is 0.265. The lowest BCUT2D eigenvalue weighted by atomic mass is 10.2. The molecule has 0 saturated heterocycles. The van der Waals surface area contributed by atoms with Crippen molar-refractivity contribution in [3.63, 3.8) is 0 Å². The topological polar surface area (TPSA) is 44.5 Å². The van der Waals surface area contributed by atoms with E-state index in [9.17, 15) is 4.39 Å². The monoisotopic (exact) mass is 241 g/mol. The van der Waals surface area contributed by atoms with Gasteiger partial charge in [0.1, 0.15) is 5.75 Å². The SMILES string of the molecule is CCCOc1cc(OCC(C)C)c(N)cc1F. The summed E-state index contributed by atoms with van der Waals surface area (Å²) in [6.45, 7) is 7.06. The summed E-state index contributed by atoms with van der Waals surface area (Å²) < 4.78 is 24.3. The van der Waals surface area contributed by atoms with Crippen LogP contribution in [0.15, 0.2) is 12.1 Å². The number of benzene rings is 1. The van der Waals surface area contributed by atoms with E-state index in [4.69, 9.17) is 15.2 Å². The zero-order chi connectivity index (χ0) is 12.8. The number of hydrogen-bond acceptors (Lipinski definition) is 3. The number of hydrogen-bond donors (Lipinski definition) is 1. The third kappa shape index (κ3) is 4.13. The van der Waals surface area contributed by atoms with E-state index < -0.39 is 5.82 Å². The van der Waals surface area contributed by atoms with Crippen LogP contribution in [0.1, 0.15) is 27.2 Å². The van der Waals surface area contributed by atoms with Crippen LogP contribution in [-0.4, -0.2) is 13.2 Å². The second kappa shape index (κ2) is 6.33. The summed E-state index contributed by atoms with van der Waals surface area (Å²) in [5, 5.41) is 0. The van der Waals surface area contributed by atoms with Gasteiger partial charge in [-0.1, -0.05) is 20.8 Å². The van der Waals surface area contributed by atoms with Crippen molar-refractivity contribution in [2.75, 3.05) is 18.9 Å². The maximum Gasteiger partial charge on any atom is 0.167 e. The molecule has 1 rings (SSSR count). The van der Waals surface area contributed by atoms with Crippen molar-refractivity contribution in [1.29, 1.82) is 0 Å². The Morgan fingerprint density at radius 2 is 1.94 bits per heavy atom. The van der Waals surface area contributed by atoms with Crippen molar-refractivity contribution in [3.05, 3.63) is 17.9 Å². The van der Waals surface area contributed by atoms with E-state index in [1.807, 2.05) is 20.8 Å². The molecule has 0 bridgehead atoms. The van der Waals surface area contributed by atoms with Gasteiger partial charge >= 0.3 is 0 Å². The molecule has 96 valence electrons. The molecule has 0 amide bonds. The Hall–Kier alpha value is -1.45. The summed E-state index contributed by atoms with van der Waals surface area (Å²) in [4.78, 5) is 0. The van der Waals surface area contributed by atoms with Crippen molar-refractivity contribution in [2.24, 2.45) is 5.92 Å². The predicted molar refractivity (Wildman–Crippen MR) is 66.9 cm³/mol. The average Bonchev–Trinajstić information content (AvgIpc) is 2.26. The molecule has 0 aliphatic carbocycles. The van der Waals surface area contributed by atoms with Gasteiger partial charge in [-0.3, -0.25) is 0 Å². The molecule has 0 aromatic heterocycles. The third-order valence-electron chi connectivity index (χ3n) is 2.10. The van der Waals surface area contributed by atoms with Crippen LogP contribution >= 0.6 is 0 Å².